The Hall–Kier alpha value is -2.64. The summed E-state index contributed by atoms with van der Waals surface area (Å²) in [5.74, 6) is -0.486. The summed E-state index contributed by atoms with van der Waals surface area (Å²) in [6.07, 6.45) is 0. The minimum atomic E-state index is -0.560. The number of hydrogen-bond donors (Lipinski definition) is 3. The maximum atomic E-state index is 11.8. The summed E-state index contributed by atoms with van der Waals surface area (Å²) in [5.41, 5.74) is 5.60. The number of non-ortho nitro benzene ring substituents is 1. The van der Waals surface area contributed by atoms with Crippen LogP contribution in [0.4, 0.5) is 5.69 Å². The summed E-state index contributed by atoms with van der Waals surface area (Å²) < 4.78 is 0. The molecule has 0 saturated heterocycles. The maximum Gasteiger partial charge on any atom is 0.270 e. The van der Waals surface area contributed by atoms with Crippen molar-refractivity contribution < 1.29 is 14.8 Å². The number of carbonyl (C=O) groups excluding carboxylic acids is 1. The Morgan fingerprint density at radius 1 is 1.23 bits per heavy atom. The molecule has 2 aromatic carbocycles. The lowest BCUT2D eigenvalue weighted by atomic mass is 10.2. The third kappa shape index (κ3) is 3.94. The van der Waals surface area contributed by atoms with Crippen LogP contribution in [-0.2, 0) is 6.54 Å². The normalized spacial score (nSPS) is 10.2. The van der Waals surface area contributed by atoms with Gasteiger partial charge in [0.05, 0.1) is 4.92 Å². The summed E-state index contributed by atoms with van der Waals surface area (Å²) in [4.78, 5) is 21.9. The molecule has 0 atom stereocenters. The van der Waals surface area contributed by atoms with Crippen molar-refractivity contribution in [1.82, 2.24) is 10.9 Å². The minimum Gasteiger partial charge on any atom is -0.508 e. The minimum absolute atomic E-state index is 0.0346. The molecule has 0 bridgehead atoms. The van der Waals surface area contributed by atoms with Crippen LogP contribution in [0.2, 0.25) is 5.02 Å². The maximum absolute atomic E-state index is 11.8. The van der Waals surface area contributed by atoms with Gasteiger partial charge in [-0.2, -0.15) is 0 Å². The van der Waals surface area contributed by atoms with E-state index >= 15 is 0 Å². The standard InChI is InChI=1S/C14H12ClN3O4/c15-11-3-1-9(2-4-11)14(20)17-16-8-10-7-12(18(21)22)5-6-13(10)19/h1-7,16,19H,8H2,(H,17,20). The molecule has 3 N–H and O–H groups in total. The van der Waals surface area contributed by atoms with Gasteiger partial charge in [0.15, 0.2) is 0 Å². The summed E-state index contributed by atoms with van der Waals surface area (Å²) in [7, 11) is 0. The molecule has 2 rings (SSSR count). The van der Waals surface area contributed by atoms with Crippen molar-refractivity contribution in [1.29, 1.82) is 0 Å². The molecule has 8 heteroatoms. The average molecular weight is 322 g/mol. The lowest BCUT2D eigenvalue weighted by Gasteiger charge is -2.08. The van der Waals surface area contributed by atoms with Crippen LogP contribution in [0, 0.1) is 10.1 Å². The number of amides is 1. The van der Waals surface area contributed by atoms with Gasteiger partial charge >= 0.3 is 0 Å². The van der Waals surface area contributed by atoms with Crippen LogP contribution in [0.15, 0.2) is 42.5 Å². The fraction of sp³-hybridized carbons (Fsp3) is 0.0714. The van der Waals surface area contributed by atoms with Gasteiger partial charge in [-0.1, -0.05) is 11.6 Å². The second-order valence-electron chi connectivity index (χ2n) is 4.38. The van der Waals surface area contributed by atoms with Gasteiger partial charge in [0.25, 0.3) is 11.6 Å². The largest absolute Gasteiger partial charge is 0.508 e. The first-order valence-electron chi connectivity index (χ1n) is 6.22. The predicted octanol–water partition coefficient (Wildman–Crippen LogP) is 2.39. The van der Waals surface area contributed by atoms with Gasteiger partial charge in [0.2, 0.25) is 0 Å². The molecule has 0 fully saturated rings. The Bertz CT molecular complexity index is 704. The number of nitrogens with zero attached hydrogens (tertiary/aromatic N) is 1. The zero-order valence-electron chi connectivity index (χ0n) is 11.2. The van der Waals surface area contributed by atoms with Gasteiger partial charge in [0, 0.05) is 34.8 Å². The molecular formula is C14H12ClN3O4. The highest BCUT2D eigenvalue weighted by Crippen LogP contribution is 2.22. The van der Waals surface area contributed by atoms with Crippen molar-refractivity contribution in [2.45, 2.75) is 6.54 Å². The molecule has 0 aromatic heterocycles. The molecule has 22 heavy (non-hydrogen) atoms. The summed E-state index contributed by atoms with van der Waals surface area (Å²) in [5, 5.41) is 20.8. The van der Waals surface area contributed by atoms with E-state index < -0.39 is 4.92 Å². The first kappa shape index (κ1) is 15.7. The molecule has 7 nitrogen and oxygen atoms in total. The number of rotatable bonds is 5. The molecule has 114 valence electrons. The van der Waals surface area contributed by atoms with Gasteiger partial charge < -0.3 is 5.11 Å². The SMILES string of the molecule is O=C(NNCc1cc([N+](=O)[O-])ccc1O)c1ccc(Cl)cc1. The molecule has 0 spiro atoms. The van der Waals surface area contributed by atoms with E-state index in [2.05, 4.69) is 10.9 Å². The molecule has 1 amide bonds. The van der Waals surface area contributed by atoms with Crippen LogP contribution in [0.25, 0.3) is 0 Å². The zero-order valence-corrected chi connectivity index (χ0v) is 12.0. The van der Waals surface area contributed by atoms with E-state index in [0.717, 1.165) is 0 Å². The number of benzene rings is 2. The van der Waals surface area contributed by atoms with Gasteiger partial charge in [-0.15, -0.1) is 0 Å². The fourth-order valence-corrected chi connectivity index (χ4v) is 1.85. The number of hydrogen-bond acceptors (Lipinski definition) is 5. The Morgan fingerprint density at radius 3 is 2.55 bits per heavy atom. The van der Waals surface area contributed by atoms with E-state index in [9.17, 15) is 20.0 Å². The third-order valence-electron chi connectivity index (χ3n) is 2.86. The highest BCUT2D eigenvalue weighted by atomic mass is 35.5. The molecule has 0 aliphatic carbocycles. The van der Waals surface area contributed by atoms with Crippen molar-refractivity contribution in [2.24, 2.45) is 0 Å². The van der Waals surface area contributed by atoms with Crippen molar-refractivity contribution in [3.05, 3.63) is 68.7 Å². The topological polar surface area (TPSA) is 104 Å². The van der Waals surface area contributed by atoms with E-state index in [-0.39, 0.29) is 23.9 Å². The first-order chi connectivity index (χ1) is 10.5. The highest BCUT2D eigenvalue weighted by Gasteiger charge is 2.10. The number of hydrazine groups is 1. The molecule has 0 heterocycles. The van der Waals surface area contributed by atoms with Crippen molar-refractivity contribution in [3.63, 3.8) is 0 Å². The Labute approximate surface area is 130 Å². The van der Waals surface area contributed by atoms with E-state index in [1.807, 2.05) is 0 Å². The molecule has 0 aliphatic heterocycles. The summed E-state index contributed by atoms with van der Waals surface area (Å²) >= 11 is 5.73. The van der Waals surface area contributed by atoms with Crippen LogP contribution in [0.1, 0.15) is 15.9 Å². The summed E-state index contributed by atoms with van der Waals surface area (Å²) in [6.45, 7) is 0.0346. The quantitative estimate of drug-likeness (QED) is 0.579. The van der Waals surface area contributed by atoms with E-state index in [1.165, 1.54) is 18.2 Å². The number of aromatic hydroxyl groups is 1. The van der Waals surface area contributed by atoms with E-state index in [0.29, 0.717) is 16.1 Å². The lowest BCUT2D eigenvalue weighted by molar-refractivity contribution is -0.384. The Morgan fingerprint density at radius 2 is 1.91 bits per heavy atom. The number of nitrogens with one attached hydrogen (secondary N) is 2. The monoisotopic (exact) mass is 321 g/mol. The van der Waals surface area contributed by atoms with Gasteiger partial charge in [-0.3, -0.25) is 20.3 Å². The number of carbonyl (C=O) groups is 1. The molecule has 0 unspecified atom stereocenters. The van der Waals surface area contributed by atoms with Crippen LogP contribution >= 0.6 is 11.6 Å². The summed E-state index contributed by atoms with van der Waals surface area (Å²) in [6, 6.07) is 9.96. The highest BCUT2D eigenvalue weighted by molar-refractivity contribution is 6.30. The molecule has 0 aliphatic rings. The van der Waals surface area contributed by atoms with E-state index in [4.69, 9.17) is 11.6 Å². The van der Waals surface area contributed by atoms with Gasteiger partial charge in [-0.05, 0) is 30.3 Å². The second kappa shape index (κ2) is 6.88. The number of halogens is 1. The second-order valence-corrected chi connectivity index (χ2v) is 4.82. The third-order valence-corrected chi connectivity index (χ3v) is 3.11. The Kier molecular flexibility index (Phi) is 4.92. The number of nitro groups is 1. The number of nitro benzene ring substituents is 1. The predicted molar refractivity (Wildman–Crippen MR) is 80.5 cm³/mol. The number of phenolic OH excluding ortho intramolecular Hbond substituents is 1. The van der Waals surface area contributed by atoms with Crippen molar-refractivity contribution in [3.8, 4) is 5.75 Å². The van der Waals surface area contributed by atoms with Crippen LogP contribution in [0.3, 0.4) is 0 Å². The Balaban J connectivity index is 1.96. The molecule has 0 saturated carbocycles. The molecule has 0 radical (unpaired) electrons. The van der Waals surface area contributed by atoms with Gasteiger partial charge in [0.1, 0.15) is 5.75 Å². The molecule has 2 aromatic rings. The van der Waals surface area contributed by atoms with E-state index in [1.54, 1.807) is 24.3 Å². The van der Waals surface area contributed by atoms with Crippen LogP contribution in [0.5, 0.6) is 5.75 Å². The van der Waals surface area contributed by atoms with Crippen molar-refractivity contribution >= 4 is 23.2 Å². The smallest absolute Gasteiger partial charge is 0.270 e. The fourth-order valence-electron chi connectivity index (χ4n) is 1.72. The van der Waals surface area contributed by atoms with Crippen molar-refractivity contribution in [2.75, 3.05) is 0 Å². The zero-order chi connectivity index (χ0) is 16.1. The average Bonchev–Trinajstić information content (AvgIpc) is 2.49. The lowest BCUT2D eigenvalue weighted by Crippen LogP contribution is -2.36. The van der Waals surface area contributed by atoms with Gasteiger partial charge in [-0.25, -0.2) is 5.43 Å². The number of phenols is 1. The first-order valence-corrected chi connectivity index (χ1v) is 6.60. The molecular weight excluding hydrogens is 310 g/mol. The van der Waals surface area contributed by atoms with Crippen LogP contribution in [-0.4, -0.2) is 15.9 Å². The van der Waals surface area contributed by atoms with Crippen LogP contribution < -0.4 is 10.9 Å².